The van der Waals surface area contributed by atoms with Crippen molar-refractivity contribution in [2.45, 2.75) is 13.3 Å². The van der Waals surface area contributed by atoms with Crippen molar-refractivity contribution in [3.63, 3.8) is 0 Å². The Bertz CT molecular complexity index is 483. The van der Waals surface area contributed by atoms with Gasteiger partial charge in [0.2, 0.25) is 0 Å². The van der Waals surface area contributed by atoms with E-state index in [1.54, 1.807) is 0 Å². The molecule has 0 bridgehead atoms. The second-order valence-electron chi connectivity index (χ2n) is 4.40. The molecule has 0 saturated heterocycles. The zero-order valence-corrected chi connectivity index (χ0v) is 10.7. The lowest BCUT2D eigenvalue weighted by Crippen LogP contribution is -2.10. The zero-order chi connectivity index (χ0) is 12.3. The van der Waals surface area contributed by atoms with E-state index in [1.165, 1.54) is 16.7 Å². The molecular formula is C14H19N3. The van der Waals surface area contributed by atoms with Crippen LogP contribution in [0.1, 0.15) is 11.1 Å². The summed E-state index contributed by atoms with van der Waals surface area (Å²) in [6.45, 7) is 3.08. The van der Waals surface area contributed by atoms with Crippen LogP contribution >= 0.6 is 0 Å². The number of rotatable bonds is 4. The fraction of sp³-hybridized carbons (Fsp3) is 0.357. The third-order valence-corrected chi connectivity index (χ3v) is 2.87. The molecule has 0 aliphatic carbocycles. The number of nitrogens with zero attached hydrogens (tertiary/aromatic N) is 2. The molecule has 0 aliphatic rings. The Hall–Kier alpha value is -1.61. The standard InChI is InChI=1S/C14H19N3/c1-11-4-6-12(7-5-11)14-13(8-9-15-2)10-17(3)16-14/h4-7,10,15H,8-9H2,1-3H3. The molecule has 1 aromatic heterocycles. The lowest BCUT2D eigenvalue weighted by Gasteiger charge is -2.02. The molecule has 90 valence electrons. The molecule has 0 spiro atoms. The highest BCUT2D eigenvalue weighted by Crippen LogP contribution is 2.22. The van der Waals surface area contributed by atoms with Gasteiger partial charge in [-0.15, -0.1) is 0 Å². The van der Waals surface area contributed by atoms with Crippen LogP contribution in [0.3, 0.4) is 0 Å². The van der Waals surface area contributed by atoms with Crippen molar-refractivity contribution in [2.75, 3.05) is 13.6 Å². The van der Waals surface area contributed by atoms with Crippen LogP contribution in [0.4, 0.5) is 0 Å². The summed E-state index contributed by atoms with van der Waals surface area (Å²) < 4.78 is 1.89. The molecule has 0 radical (unpaired) electrons. The van der Waals surface area contributed by atoms with Gasteiger partial charge in [0.1, 0.15) is 0 Å². The smallest absolute Gasteiger partial charge is 0.0955 e. The Morgan fingerprint density at radius 1 is 1.24 bits per heavy atom. The van der Waals surface area contributed by atoms with E-state index in [0.29, 0.717) is 0 Å². The zero-order valence-electron chi connectivity index (χ0n) is 10.7. The van der Waals surface area contributed by atoms with Gasteiger partial charge in [-0.2, -0.15) is 5.10 Å². The quantitative estimate of drug-likeness (QED) is 0.870. The maximum atomic E-state index is 4.55. The first-order chi connectivity index (χ1) is 8.20. The van der Waals surface area contributed by atoms with Crippen molar-refractivity contribution < 1.29 is 0 Å². The summed E-state index contributed by atoms with van der Waals surface area (Å²) in [5.74, 6) is 0. The first-order valence-corrected chi connectivity index (χ1v) is 5.95. The number of aromatic nitrogens is 2. The van der Waals surface area contributed by atoms with Crippen molar-refractivity contribution in [1.29, 1.82) is 0 Å². The molecule has 0 fully saturated rings. The monoisotopic (exact) mass is 229 g/mol. The number of aryl methyl sites for hydroxylation is 2. The van der Waals surface area contributed by atoms with Crippen LogP contribution in [0.25, 0.3) is 11.3 Å². The van der Waals surface area contributed by atoms with E-state index in [-0.39, 0.29) is 0 Å². The molecule has 3 nitrogen and oxygen atoms in total. The van der Waals surface area contributed by atoms with Crippen molar-refractivity contribution >= 4 is 0 Å². The van der Waals surface area contributed by atoms with Gasteiger partial charge in [0.15, 0.2) is 0 Å². The van der Waals surface area contributed by atoms with Gasteiger partial charge in [0.05, 0.1) is 5.69 Å². The number of likely N-dealkylation sites (N-methyl/N-ethyl adjacent to an activating group) is 1. The Labute approximate surface area is 102 Å². The summed E-state index contributed by atoms with van der Waals surface area (Å²) in [7, 11) is 3.95. The van der Waals surface area contributed by atoms with Crippen molar-refractivity contribution in [3.8, 4) is 11.3 Å². The topological polar surface area (TPSA) is 29.9 Å². The predicted molar refractivity (Wildman–Crippen MR) is 71.0 cm³/mol. The SMILES string of the molecule is CNCCc1cn(C)nc1-c1ccc(C)cc1. The minimum atomic E-state index is 0.977. The van der Waals surface area contributed by atoms with E-state index in [2.05, 4.69) is 47.8 Å². The molecule has 0 amide bonds. The van der Waals surface area contributed by atoms with Crippen LogP contribution in [0.5, 0.6) is 0 Å². The third kappa shape index (κ3) is 2.74. The van der Waals surface area contributed by atoms with Crippen LogP contribution in [0.2, 0.25) is 0 Å². The van der Waals surface area contributed by atoms with Crippen LogP contribution in [0.15, 0.2) is 30.5 Å². The van der Waals surface area contributed by atoms with Crippen molar-refractivity contribution in [3.05, 3.63) is 41.6 Å². The predicted octanol–water partition coefficient (Wildman–Crippen LogP) is 2.16. The summed E-state index contributed by atoms with van der Waals surface area (Å²) in [5.41, 5.74) is 4.87. The fourth-order valence-corrected chi connectivity index (χ4v) is 1.93. The Morgan fingerprint density at radius 3 is 2.59 bits per heavy atom. The lowest BCUT2D eigenvalue weighted by molar-refractivity contribution is 0.765. The molecule has 2 aromatic rings. The van der Waals surface area contributed by atoms with Gasteiger partial charge in [-0.25, -0.2) is 0 Å². The summed E-state index contributed by atoms with van der Waals surface area (Å²) in [6.07, 6.45) is 3.11. The first-order valence-electron chi connectivity index (χ1n) is 5.95. The van der Waals surface area contributed by atoms with Crippen LogP contribution in [-0.4, -0.2) is 23.4 Å². The van der Waals surface area contributed by atoms with Gasteiger partial charge in [-0.05, 0) is 32.5 Å². The maximum absolute atomic E-state index is 4.55. The largest absolute Gasteiger partial charge is 0.319 e. The molecule has 1 aromatic carbocycles. The van der Waals surface area contributed by atoms with Crippen LogP contribution in [-0.2, 0) is 13.5 Å². The van der Waals surface area contributed by atoms with Gasteiger partial charge in [-0.1, -0.05) is 29.8 Å². The molecular weight excluding hydrogens is 210 g/mol. The fourth-order valence-electron chi connectivity index (χ4n) is 1.93. The molecule has 2 rings (SSSR count). The second kappa shape index (κ2) is 5.15. The van der Waals surface area contributed by atoms with E-state index in [4.69, 9.17) is 0 Å². The summed E-state index contributed by atoms with van der Waals surface area (Å²) in [6, 6.07) is 8.54. The number of hydrogen-bond donors (Lipinski definition) is 1. The Kier molecular flexibility index (Phi) is 3.59. The third-order valence-electron chi connectivity index (χ3n) is 2.87. The van der Waals surface area contributed by atoms with Crippen LogP contribution in [0, 0.1) is 6.92 Å². The lowest BCUT2D eigenvalue weighted by atomic mass is 10.0. The molecule has 0 saturated carbocycles. The number of hydrogen-bond acceptors (Lipinski definition) is 2. The van der Waals surface area contributed by atoms with E-state index >= 15 is 0 Å². The normalized spacial score (nSPS) is 10.8. The minimum Gasteiger partial charge on any atom is -0.319 e. The Balaban J connectivity index is 2.33. The average Bonchev–Trinajstić information content (AvgIpc) is 2.69. The minimum absolute atomic E-state index is 0.977. The number of benzene rings is 1. The van der Waals surface area contributed by atoms with Gasteiger partial charge in [0, 0.05) is 18.8 Å². The molecule has 0 aliphatic heterocycles. The Morgan fingerprint density at radius 2 is 1.94 bits per heavy atom. The highest BCUT2D eigenvalue weighted by molar-refractivity contribution is 5.63. The van der Waals surface area contributed by atoms with E-state index < -0.39 is 0 Å². The van der Waals surface area contributed by atoms with E-state index in [1.807, 2.05) is 18.8 Å². The summed E-state index contributed by atoms with van der Waals surface area (Å²) in [4.78, 5) is 0. The van der Waals surface area contributed by atoms with E-state index in [9.17, 15) is 0 Å². The van der Waals surface area contributed by atoms with Gasteiger partial charge >= 0.3 is 0 Å². The highest BCUT2D eigenvalue weighted by Gasteiger charge is 2.09. The van der Waals surface area contributed by atoms with Crippen molar-refractivity contribution in [2.24, 2.45) is 7.05 Å². The van der Waals surface area contributed by atoms with E-state index in [0.717, 1.165) is 18.7 Å². The van der Waals surface area contributed by atoms with Gasteiger partial charge in [-0.3, -0.25) is 4.68 Å². The average molecular weight is 229 g/mol. The molecule has 0 atom stereocenters. The number of nitrogens with one attached hydrogen (secondary N) is 1. The first kappa shape index (κ1) is 11.9. The highest BCUT2D eigenvalue weighted by atomic mass is 15.2. The molecule has 1 N–H and O–H groups in total. The van der Waals surface area contributed by atoms with Gasteiger partial charge < -0.3 is 5.32 Å². The molecule has 1 heterocycles. The van der Waals surface area contributed by atoms with Crippen molar-refractivity contribution in [1.82, 2.24) is 15.1 Å². The second-order valence-corrected chi connectivity index (χ2v) is 4.40. The molecule has 17 heavy (non-hydrogen) atoms. The maximum Gasteiger partial charge on any atom is 0.0955 e. The summed E-state index contributed by atoms with van der Waals surface area (Å²) >= 11 is 0. The van der Waals surface area contributed by atoms with Crippen LogP contribution < -0.4 is 5.32 Å². The van der Waals surface area contributed by atoms with Gasteiger partial charge in [0.25, 0.3) is 0 Å². The summed E-state index contributed by atoms with van der Waals surface area (Å²) in [5, 5.41) is 7.73. The molecule has 3 heteroatoms. The molecule has 0 unspecified atom stereocenters.